The molecule has 1 aliphatic heterocycles. The lowest BCUT2D eigenvalue weighted by molar-refractivity contribution is -0.267. The third-order valence-electron chi connectivity index (χ3n) is 9.23. The molecule has 48 heavy (non-hydrogen) atoms. The molecule has 13 heteroatoms. The van der Waals surface area contributed by atoms with Gasteiger partial charge in [-0.2, -0.15) is 12.6 Å². The van der Waals surface area contributed by atoms with Crippen molar-refractivity contribution in [3.05, 3.63) is 23.0 Å². The number of unbranched alkanes of at least 4 members (excludes halogenated alkanes) is 11. The number of ether oxygens (including phenoxy) is 1. The van der Waals surface area contributed by atoms with E-state index >= 15 is 0 Å². The molecule has 276 valence electrons. The van der Waals surface area contributed by atoms with E-state index < -0.39 is 7.82 Å². The first kappa shape index (κ1) is 41.2. The summed E-state index contributed by atoms with van der Waals surface area (Å²) in [7, 11) is -4.00. The Morgan fingerprint density at radius 3 is 2.35 bits per heavy atom. The van der Waals surface area contributed by atoms with E-state index in [1.807, 2.05) is 6.92 Å². The predicted molar refractivity (Wildman–Crippen MR) is 194 cm³/mol. The number of H-pyrrole nitrogens is 1. The van der Waals surface area contributed by atoms with Gasteiger partial charge in [-0.15, -0.1) is 4.67 Å². The lowest BCUT2D eigenvalue weighted by atomic mass is 9.90. The van der Waals surface area contributed by atoms with Gasteiger partial charge in [0.05, 0.1) is 38.1 Å². The second-order valence-corrected chi connectivity index (χ2v) is 15.3. The van der Waals surface area contributed by atoms with E-state index in [1.165, 1.54) is 77.0 Å². The molecule has 2 aromatic rings. The van der Waals surface area contributed by atoms with Crippen LogP contribution in [-0.2, 0) is 27.9 Å². The zero-order valence-electron chi connectivity index (χ0n) is 29.8. The zero-order chi connectivity index (χ0) is 34.5. The van der Waals surface area contributed by atoms with Gasteiger partial charge in [0.15, 0.2) is 11.2 Å². The number of imidazole rings is 1. The Kier molecular flexibility index (Phi) is 20.6. The molecule has 3 rings (SSSR count). The van der Waals surface area contributed by atoms with E-state index in [0.29, 0.717) is 30.8 Å². The number of phosphoric ester groups is 1. The van der Waals surface area contributed by atoms with Gasteiger partial charge in [-0.25, -0.2) is 19.4 Å². The molecule has 0 bridgehead atoms. The Balaban J connectivity index is 1.54. The molecule has 0 aromatic carbocycles. The Bertz CT molecular complexity index is 1230. The van der Waals surface area contributed by atoms with E-state index in [2.05, 4.69) is 41.4 Å². The first-order valence-electron chi connectivity index (χ1n) is 18.8. The van der Waals surface area contributed by atoms with E-state index in [9.17, 15) is 9.36 Å². The zero-order valence-corrected chi connectivity index (χ0v) is 31.6. The highest BCUT2D eigenvalue weighted by atomic mass is 32.1. The van der Waals surface area contributed by atoms with Crippen molar-refractivity contribution < 1.29 is 27.9 Å². The Hall–Kier alpha value is -1.27. The van der Waals surface area contributed by atoms with Crippen LogP contribution in [0.4, 0.5) is 0 Å². The monoisotopic (exact) mass is 714 g/mol. The van der Waals surface area contributed by atoms with Gasteiger partial charge in [0, 0.05) is 0 Å². The van der Waals surface area contributed by atoms with Crippen LogP contribution < -0.4 is 5.56 Å². The number of aromatic nitrogens is 4. The van der Waals surface area contributed by atoms with Crippen LogP contribution in [0, 0.1) is 5.92 Å². The number of aromatic amines is 1. The Morgan fingerprint density at radius 2 is 1.65 bits per heavy atom. The van der Waals surface area contributed by atoms with Gasteiger partial charge in [-0.05, 0) is 50.2 Å². The molecule has 3 heterocycles. The van der Waals surface area contributed by atoms with Gasteiger partial charge < -0.3 is 9.72 Å². The quantitative estimate of drug-likeness (QED) is 0.0278. The summed E-state index contributed by atoms with van der Waals surface area (Å²) >= 11 is 4.32. The summed E-state index contributed by atoms with van der Waals surface area (Å²) in [5.41, 5.74) is 0.424. The van der Waals surface area contributed by atoms with Crippen molar-refractivity contribution in [1.82, 2.24) is 19.5 Å². The summed E-state index contributed by atoms with van der Waals surface area (Å²) in [6.07, 6.45) is 24.0. The number of hydrogen-bond acceptors (Lipinski definition) is 10. The first-order chi connectivity index (χ1) is 23.4. The van der Waals surface area contributed by atoms with Crippen molar-refractivity contribution in [1.29, 1.82) is 0 Å². The third kappa shape index (κ3) is 14.9. The van der Waals surface area contributed by atoms with E-state index in [1.54, 1.807) is 10.9 Å². The summed E-state index contributed by atoms with van der Waals surface area (Å²) in [4.78, 5) is 29.1. The van der Waals surface area contributed by atoms with Crippen LogP contribution >= 0.6 is 20.5 Å². The standard InChI is InChI=1S/C35H63N4O7PS/c1-4-7-8-9-10-13-16-19-29(6-3)25-30(20-17-14-11-12-15-18-24-48)45-46-47(41,42-23-5-2)43-26-31-21-22-32(44-31)39-28-38-33-34(39)36-27-37-35(33)40/h27-32,48H,4-26H2,1-3H3,(H,36,37,40)/t29?,30?,31-,32+,47?/m0/s1. The smallest absolute Gasteiger partial charge is 0.352 e. The number of rotatable bonds is 29. The number of fused-ring (bicyclic) bond motifs is 1. The van der Waals surface area contributed by atoms with Gasteiger partial charge in [0.1, 0.15) is 6.23 Å². The van der Waals surface area contributed by atoms with Crippen molar-refractivity contribution >= 4 is 31.6 Å². The van der Waals surface area contributed by atoms with Gasteiger partial charge in [0.2, 0.25) is 0 Å². The predicted octanol–water partition coefficient (Wildman–Crippen LogP) is 9.88. The van der Waals surface area contributed by atoms with Gasteiger partial charge in [-0.3, -0.25) is 18.4 Å². The van der Waals surface area contributed by atoms with Crippen molar-refractivity contribution in [2.75, 3.05) is 19.0 Å². The second-order valence-electron chi connectivity index (χ2n) is 13.3. The second kappa shape index (κ2) is 24.0. The maximum absolute atomic E-state index is 13.8. The topological polar surface area (TPSA) is 127 Å². The fourth-order valence-electron chi connectivity index (χ4n) is 6.31. The van der Waals surface area contributed by atoms with Crippen LogP contribution in [0.2, 0.25) is 0 Å². The number of hydrogen-bond donors (Lipinski definition) is 2. The molecule has 1 saturated heterocycles. The third-order valence-corrected chi connectivity index (χ3v) is 10.8. The highest BCUT2D eigenvalue weighted by molar-refractivity contribution is 7.80. The Labute approximate surface area is 293 Å². The van der Waals surface area contributed by atoms with E-state index in [0.717, 1.165) is 44.3 Å². The molecule has 1 fully saturated rings. The first-order valence-corrected chi connectivity index (χ1v) is 20.9. The average molecular weight is 715 g/mol. The number of thiol groups is 1. The molecule has 1 N–H and O–H groups in total. The molecular formula is C35H63N4O7PS. The molecule has 0 radical (unpaired) electrons. The molecule has 0 aliphatic carbocycles. The number of nitrogens with zero attached hydrogens (tertiary/aromatic N) is 3. The molecule has 0 amide bonds. The van der Waals surface area contributed by atoms with Crippen molar-refractivity contribution in [3.63, 3.8) is 0 Å². The summed E-state index contributed by atoms with van der Waals surface area (Å²) < 4.78 is 38.9. The fraction of sp³-hybridized carbons (Fsp3) is 0.857. The van der Waals surface area contributed by atoms with Gasteiger partial charge in [-0.1, -0.05) is 111 Å². The highest BCUT2D eigenvalue weighted by Crippen LogP contribution is 2.51. The van der Waals surface area contributed by atoms with Crippen molar-refractivity contribution in [2.45, 2.75) is 168 Å². The lowest BCUT2D eigenvalue weighted by Crippen LogP contribution is -2.20. The molecule has 3 unspecified atom stereocenters. The van der Waals surface area contributed by atoms with Crippen LogP contribution in [0.25, 0.3) is 11.2 Å². The molecular weight excluding hydrogens is 651 g/mol. The van der Waals surface area contributed by atoms with E-state index in [-0.39, 0.29) is 42.7 Å². The minimum atomic E-state index is -4.00. The molecule has 0 saturated carbocycles. The number of phosphoric acid groups is 1. The SMILES string of the molecule is CCCCCCCCCC(CC)CC(CCCCCCCCS)OOP(=O)(OCCC)OC[C@@H]1CC[C@H](n2cnc3c(=O)[nH]cnc32)O1. The fourth-order valence-corrected chi connectivity index (χ4v) is 7.67. The summed E-state index contributed by atoms with van der Waals surface area (Å²) in [5, 5.41) is 0. The van der Waals surface area contributed by atoms with Crippen LogP contribution in [0.15, 0.2) is 17.4 Å². The molecule has 0 spiro atoms. The maximum atomic E-state index is 13.8. The van der Waals surface area contributed by atoms with E-state index in [4.69, 9.17) is 23.3 Å². The van der Waals surface area contributed by atoms with Crippen LogP contribution in [0.1, 0.15) is 155 Å². The summed E-state index contributed by atoms with van der Waals surface area (Å²) in [6, 6.07) is 0. The van der Waals surface area contributed by atoms with Crippen LogP contribution in [0.5, 0.6) is 0 Å². The average Bonchev–Trinajstić information content (AvgIpc) is 3.75. The van der Waals surface area contributed by atoms with Gasteiger partial charge >= 0.3 is 7.82 Å². The molecule has 5 atom stereocenters. The largest absolute Gasteiger partial charge is 0.502 e. The maximum Gasteiger partial charge on any atom is 0.502 e. The Morgan fingerprint density at radius 1 is 0.938 bits per heavy atom. The number of nitrogens with one attached hydrogen (secondary N) is 1. The van der Waals surface area contributed by atoms with Crippen molar-refractivity contribution in [3.8, 4) is 0 Å². The van der Waals surface area contributed by atoms with Crippen LogP contribution in [-0.4, -0.2) is 50.7 Å². The summed E-state index contributed by atoms with van der Waals surface area (Å²) in [6.45, 7) is 6.70. The molecule has 11 nitrogen and oxygen atoms in total. The lowest BCUT2D eigenvalue weighted by Gasteiger charge is -2.25. The van der Waals surface area contributed by atoms with Crippen LogP contribution in [0.3, 0.4) is 0 Å². The van der Waals surface area contributed by atoms with Crippen molar-refractivity contribution in [2.24, 2.45) is 5.92 Å². The minimum absolute atomic E-state index is 0.0221. The molecule has 2 aromatic heterocycles. The van der Waals surface area contributed by atoms with Gasteiger partial charge in [0.25, 0.3) is 5.56 Å². The highest BCUT2D eigenvalue weighted by Gasteiger charge is 2.35. The summed E-state index contributed by atoms with van der Waals surface area (Å²) in [5.74, 6) is 1.47. The minimum Gasteiger partial charge on any atom is -0.352 e. The normalized spacial score (nSPS) is 19.2. The molecule has 1 aliphatic rings.